The van der Waals surface area contributed by atoms with Crippen LogP contribution < -0.4 is 14.4 Å². The molecule has 1 fully saturated rings. The number of phosphoric acid groups is 1. The van der Waals surface area contributed by atoms with E-state index in [0.29, 0.717) is 25.7 Å². The average Bonchev–Trinajstić information content (AvgIpc) is 3.37. The molecule has 14 nitrogen and oxygen atoms in total. The first-order chi connectivity index (χ1) is 35.5. The molecule has 416 valence electrons. The van der Waals surface area contributed by atoms with Crippen LogP contribution in [0.5, 0.6) is 11.5 Å². The summed E-state index contributed by atoms with van der Waals surface area (Å²) in [5.41, 5.74) is 0. The van der Waals surface area contributed by atoms with E-state index in [9.17, 15) is 34.3 Å². The monoisotopic (exact) mass is 1050 g/mol. The SMILES string of the molecule is CCCCCCCCCCCCCC(=O)OC(CCCCCCCCC)CC(=O)O[C@H]1[C@H](OP(=O)(Oc2ccccc2)Oc2ccccc2)[C@@H](CO)OC(O)[C@@H]1NC(=O)CC(O)CCCCCCCCCCC. The summed E-state index contributed by atoms with van der Waals surface area (Å²) in [5, 5.41) is 35.8. The maximum absolute atomic E-state index is 14.9. The maximum atomic E-state index is 14.9. The molecule has 1 aliphatic rings. The van der Waals surface area contributed by atoms with Gasteiger partial charge in [-0.3, -0.25) is 18.9 Å². The number of nitrogens with one attached hydrogen (secondary N) is 1. The number of para-hydroxylation sites is 2. The van der Waals surface area contributed by atoms with E-state index in [1.807, 2.05) is 0 Å². The average molecular weight is 1050 g/mol. The molecule has 1 heterocycles. The quantitative estimate of drug-likeness (QED) is 0.0278. The molecule has 2 aromatic rings. The van der Waals surface area contributed by atoms with Gasteiger partial charge in [-0.15, -0.1) is 0 Å². The number of carbonyl (C=O) groups excluding carboxylic acids is 3. The van der Waals surface area contributed by atoms with Gasteiger partial charge in [-0.1, -0.05) is 218 Å². The Kier molecular flexibility index (Phi) is 34.8. The Hall–Kier alpha value is -3.52. The van der Waals surface area contributed by atoms with Gasteiger partial charge < -0.3 is 43.9 Å². The third kappa shape index (κ3) is 28.8. The summed E-state index contributed by atoms with van der Waals surface area (Å²) in [4.78, 5) is 41.3. The van der Waals surface area contributed by atoms with Crippen molar-refractivity contribution in [3.05, 3.63) is 60.7 Å². The van der Waals surface area contributed by atoms with Crippen LogP contribution in [0.1, 0.15) is 226 Å². The minimum atomic E-state index is -4.78. The standard InChI is InChI=1S/C58H96NO13P/c1-4-7-10-13-16-18-19-21-24-27-36-43-53(63)67-50(42-31-26-22-15-12-9-6-3)45-54(64)69-57-55(59-52(62)44-47(61)37-30-25-23-20-17-14-11-8-5-2)58(65)68-51(46-60)56(57)72-73(66,70-48-38-32-28-33-39-48)71-49-40-34-29-35-41-49/h28-29,32-35,38-41,47,50-51,55-58,60-61,65H,4-27,30-31,36-37,42-46H2,1-3H3,(H,59,62)/t47?,50?,51-,55-,56-,57-,58?/m1/s1. The van der Waals surface area contributed by atoms with E-state index in [1.165, 1.54) is 83.5 Å². The minimum absolute atomic E-state index is 0.113. The molecule has 3 rings (SSSR count). The Bertz CT molecular complexity index is 1710. The molecule has 0 spiro atoms. The molecule has 73 heavy (non-hydrogen) atoms. The second kappa shape index (κ2) is 39.8. The van der Waals surface area contributed by atoms with Gasteiger partial charge in [0.1, 0.15) is 35.9 Å². The molecule has 0 saturated carbocycles. The van der Waals surface area contributed by atoms with Gasteiger partial charge in [0.05, 0.1) is 25.6 Å². The zero-order valence-electron chi connectivity index (χ0n) is 45.0. The van der Waals surface area contributed by atoms with Crippen LogP contribution in [-0.2, 0) is 37.7 Å². The number of ether oxygens (including phenoxy) is 3. The molecule has 0 aliphatic carbocycles. The van der Waals surface area contributed by atoms with E-state index in [-0.39, 0.29) is 30.8 Å². The first-order valence-electron chi connectivity index (χ1n) is 28.6. The molecular weight excluding hydrogens is 950 g/mol. The normalized spacial score (nSPS) is 18.7. The first kappa shape index (κ1) is 63.8. The summed E-state index contributed by atoms with van der Waals surface area (Å²) in [5.74, 6) is -1.70. The number of aliphatic hydroxyl groups is 3. The van der Waals surface area contributed by atoms with Crippen LogP contribution in [0.15, 0.2) is 60.7 Å². The number of carbonyl (C=O) groups is 3. The number of hydrogen-bond acceptors (Lipinski definition) is 13. The second-order valence-corrected chi connectivity index (χ2v) is 21.6. The van der Waals surface area contributed by atoms with Crippen molar-refractivity contribution in [1.29, 1.82) is 0 Å². The fourth-order valence-electron chi connectivity index (χ4n) is 9.27. The largest absolute Gasteiger partial charge is 0.588 e. The maximum Gasteiger partial charge on any atom is 0.588 e. The summed E-state index contributed by atoms with van der Waals surface area (Å²) in [7, 11) is -4.78. The van der Waals surface area contributed by atoms with Gasteiger partial charge in [0, 0.05) is 6.42 Å². The summed E-state index contributed by atoms with van der Waals surface area (Å²) in [6.45, 7) is 5.79. The van der Waals surface area contributed by atoms with Crippen molar-refractivity contribution in [1.82, 2.24) is 5.32 Å². The Morgan fingerprint density at radius 3 is 1.49 bits per heavy atom. The summed E-state index contributed by atoms with van der Waals surface area (Å²) in [6, 6.07) is 14.7. The Morgan fingerprint density at radius 1 is 0.589 bits per heavy atom. The fourth-order valence-corrected chi connectivity index (χ4v) is 10.7. The summed E-state index contributed by atoms with van der Waals surface area (Å²) in [6.07, 6.45) is 21.5. The smallest absolute Gasteiger partial charge is 0.462 e. The molecular formula is C58H96NO13P. The van der Waals surface area contributed by atoms with Crippen molar-refractivity contribution in [3.8, 4) is 11.5 Å². The van der Waals surface area contributed by atoms with E-state index >= 15 is 0 Å². The molecule has 0 radical (unpaired) electrons. The molecule has 0 aromatic heterocycles. The van der Waals surface area contributed by atoms with Crippen LogP contribution in [0.3, 0.4) is 0 Å². The predicted molar refractivity (Wildman–Crippen MR) is 287 cm³/mol. The van der Waals surface area contributed by atoms with Crippen LogP contribution in [0, 0.1) is 0 Å². The Balaban J connectivity index is 1.82. The van der Waals surface area contributed by atoms with Crippen LogP contribution in [0.25, 0.3) is 0 Å². The van der Waals surface area contributed by atoms with Crippen LogP contribution >= 0.6 is 7.82 Å². The van der Waals surface area contributed by atoms with Gasteiger partial charge in [0.25, 0.3) is 0 Å². The van der Waals surface area contributed by atoms with Gasteiger partial charge in [-0.05, 0) is 49.9 Å². The molecule has 4 N–H and O–H groups in total. The van der Waals surface area contributed by atoms with E-state index in [1.54, 1.807) is 60.7 Å². The molecule has 1 aliphatic heterocycles. The second-order valence-electron chi connectivity index (χ2n) is 20.1. The van der Waals surface area contributed by atoms with Crippen molar-refractivity contribution in [2.45, 2.75) is 269 Å². The Morgan fingerprint density at radius 2 is 1.03 bits per heavy atom. The highest BCUT2D eigenvalue weighted by Crippen LogP contribution is 2.52. The van der Waals surface area contributed by atoms with Gasteiger partial charge in [-0.25, -0.2) is 4.57 Å². The van der Waals surface area contributed by atoms with Crippen molar-refractivity contribution < 1.29 is 62.1 Å². The molecule has 7 atom stereocenters. The third-order valence-corrected chi connectivity index (χ3v) is 14.9. The number of esters is 2. The summed E-state index contributed by atoms with van der Waals surface area (Å²) >= 11 is 0. The lowest BCUT2D eigenvalue weighted by atomic mass is 9.96. The van der Waals surface area contributed by atoms with E-state index in [4.69, 9.17) is 27.8 Å². The number of unbranched alkanes of at least 4 members (excludes halogenated alkanes) is 24. The molecule has 15 heteroatoms. The van der Waals surface area contributed by atoms with Gasteiger partial charge in [0.2, 0.25) is 5.91 Å². The Labute approximate surface area is 439 Å². The van der Waals surface area contributed by atoms with Crippen molar-refractivity contribution in [3.63, 3.8) is 0 Å². The number of amides is 1. The molecule has 0 bridgehead atoms. The van der Waals surface area contributed by atoms with Gasteiger partial charge in [-0.2, -0.15) is 0 Å². The van der Waals surface area contributed by atoms with Crippen LogP contribution in [-0.4, -0.2) is 82.6 Å². The minimum Gasteiger partial charge on any atom is -0.462 e. The number of benzene rings is 2. The molecule has 1 saturated heterocycles. The lowest BCUT2D eigenvalue weighted by Gasteiger charge is -2.44. The lowest BCUT2D eigenvalue weighted by Crippen LogP contribution is -2.66. The van der Waals surface area contributed by atoms with E-state index in [0.717, 1.165) is 77.0 Å². The van der Waals surface area contributed by atoms with Gasteiger partial charge >= 0.3 is 19.8 Å². The highest BCUT2D eigenvalue weighted by atomic mass is 31.2. The molecule has 3 unspecified atom stereocenters. The van der Waals surface area contributed by atoms with Crippen molar-refractivity contribution in [2.24, 2.45) is 0 Å². The highest BCUT2D eigenvalue weighted by molar-refractivity contribution is 7.49. The molecule has 2 aromatic carbocycles. The first-order valence-corrected chi connectivity index (χ1v) is 30.0. The predicted octanol–water partition coefficient (Wildman–Crippen LogP) is 13.6. The third-order valence-electron chi connectivity index (χ3n) is 13.5. The van der Waals surface area contributed by atoms with E-state index < -0.39 is 75.1 Å². The zero-order chi connectivity index (χ0) is 52.8. The van der Waals surface area contributed by atoms with Crippen molar-refractivity contribution in [2.75, 3.05) is 6.61 Å². The zero-order valence-corrected chi connectivity index (χ0v) is 45.9. The van der Waals surface area contributed by atoms with Crippen LogP contribution in [0.2, 0.25) is 0 Å². The fraction of sp³-hybridized carbons (Fsp3) is 0.741. The van der Waals surface area contributed by atoms with Crippen LogP contribution in [0.4, 0.5) is 0 Å². The van der Waals surface area contributed by atoms with Gasteiger partial charge in [0.15, 0.2) is 12.4 Å². The molecule has 1 amide bonds. The number of rotatable bonds is 44. The topological polar surface area (TPSA) is 196 Å². The number of hydrogen-bond donors (Lipinski definition) is 4. The number of phosphoric ester groups is 1. The summed E-state index contributed by atoms with van der Waals surface area (Å²) < 4.78 is 50.8. The lowest BCUT2D eigenvalue weighted by molar-refractivity contribution is -0.256. The van der Waals surface area contributed by atoms with E-state index in [2.05, 4.69) is 26.1 Å². The number of aliphatic hydroxyl groups excluding tert-OH is 3. The van der Waals surface area contributed by atoms with Crippen molar-refractivity contribution >= 4 is 25.7 Å². The highest BCUT2D eigenvalue weighted by Gasteiger charge is 2.53.